The minimum absolute atomic E-state index is 0.740. The summed E-state index contributed by atoms with van der Waals surface area (Å²) in [5.41, 5.74) is 7.02. The van der Waals surface area contributed by atoms with Gasteiger partial charge in [-0.3, -0.25) is 0 Å². The molecular formula is C13H20N2. The summed E-state index contributed by atoms with van der Waals surface area (Å²) in [5, 5.41) is 0. The van der Waals surface area contributed by atoms with Crippen molar-refractivity contribution in [3.8, 4) is 0 Å². The first-order valence-electron chi connectivity index (χ1n) is 5.87. The van der Waals surface area contributed by atoms with E-state index in [9.17, 15) is 0 Å². The van der Waals surface area contributed by atoms with E-state index >= 15 is 0 Å². The van der Waals surface area contributed by atoms with Crippen molar-refractivity contribution in [2.24, 2.45) is 5.73 Å². The van der Waals surface area contributed by atoms with Gasteiger partial charge in [-0.25, -0.2) is 0 Å². The molecule has 1 saturated heterocycles. The molecule has 82 valence electrons. The van der Waals surface area contributed by atoms with E-state index < -0.39 is 0 Å². The van der Waals surface area contributed by atoms with Crippen LogP contribution in [0.3, 0.4) is 0 Å². The highest BCUT2D eigenvalue weighted by Gasteiger charge is 2.22. The highest BCUT2D eigenvalue weighted by Crippen LogP contribution is 2.26. The van der Waals surface area contributed by atoms with Crippen molar-refractivity contribution < 1.29 is 0 Å². The Hall–Kier alpha value is -0.860. The zero-order chi connectivity index (χ0) is 10.5. The molecule has 0 saturated carbocycles. The van der Waals surface area contributed by atoms with Gasteiger partial charge >= 0.3 is 0 Å². The first kappa shape index (κ1) is 10.7. The van der Waals surface area contributed by atoms with Crippen LogP contribution in [-0.4, -0.2) is 31.1 Å². The molecule has 0 unspecified atom stereocenters. The van der Waals surface area contributed by atoms with E-state index in [1.54, 1.807) is 0 Å². The third-order valence-corrected chi connectivity index (χ3v) is 3.22. The molecule has 15 heavy (non-hydrogen) atoms. The van der Waals surface area contributed by atoms with E-state index in [1.165, 1.54) is 31.6 Å². The lowest BCUT2D eigenvalue weighted by Crippen LogP contribution is -2.23. The standard InChI is InChI=1S/C13H20N2/c14-8-4-9-15-10-7-13(11-15)12-5-2-1-3-6-12/h1-3,5-6,13H,4,7-11,14H2/t13-/m0/s1. The Morgan fingerprint density at radius 2 is 2.07 bits per heavy atom. The lowest BCUT2D eigenvalue weighted by molar-refractivity contribution is 0.331. The molecule has 0 amide bonds. The van der Waals surface area contributed by atoms with Crippen molar-refractivity contribution in [1.29, 1.82) is 0 Å². The maximum atomic E-state index is 5.53. The number of likely N-dealkylation sites (tertiary alicyclic amines) is 1. The minimum atomic E-state index is 0.740. The van der Waals surface area contributed by atoms with E-state index in [0.29, 0.717) is 0 Å². The van der Waals surface area contributed by atoms with Crippen molar-refractivity contribution in [3.05, 3.63) is 35.9 Å². The van der Waals surface area contributed by atoms with E-state index in [2.05, 4.69) is 35.2 Å². The van der Waals surface area contributed by atoms with Crippen LogP contribution in [0.2, 0.25) is 0 Å². The fourth-order valence-corrected chi connectivity index (χ4v) is 2.35. The predicted molar refractivity (Wildman–Crippen MR) is 63.9 cm³/mol. The van der Waals surface area contributed by atoms with Gasteiger partial charge in [0.1, 0.15) is 0 Å². The number of hydrogen-bond donors (Lipinski definition) is 1. The summed E-state index contributed by atoms with van der Waals surface area (Å²) in [6.45, 7) is 4.43. The predicted octanol–water partition coefficient (Wildman–Crippen LogP) is 1.82. The molecule has 0 radical (unpaired) electrons. The zero-order valence-electron chi connectivity index (χ0n) is 9.23. The Kier molecular flexibility index (Phi) is 3.75. The molecule has 0 aliphatic carbocycles. The van der Waals surface area contributed by atoms with Crippen LogP contribution >= 0.6 is 0 Å². The van der Waals surface area contributed by atoms with Gasteiger partial charge in [-0.15, -0.1) is 0 Å². The first-order valence-corrected chi connectivity index (χ1v) is 5.87. The lowest BCUT2D eigenvalue weighted by atomic mass is 9.99. The molecule has 1 aliphatic heterocycles. The Balaban J connectivity index is 1.87. The number of nitrogens with two attached hydrogens (primary N) is 1. The van der Waals surface area contributed by atoms with Crippen LogP contribution in [0.25, 0.3) is 0 Å². The van der Waals surface area contributed by atoms with E-state index in [1.807, 2.05) is 0 Å². The van der Waals surface area contributed by atoms with Crippen molar-refractivity contribution in [2.75, 3.05) is 26.2 Å². The Morgan fingerprint density at radius 3 is 2.80 bits per heavy atom. The van der Waals surface area contributed by atoms with Crippen LogP contribution in [0.15, 0.2) is 30.3 Å². The molecule has 1 fully saturated rings. The first-order chi connectivity index (χ1) is 7.40. The molecule has 1 atom stereocenters. The fourth-order valence-electron chi connectivity index (χ4n) is 2.35. The van der Waals surface area contributed by atoms with Crippen molar-refractivity contribution in [2.45, 2.75) is 18.8 Å². The van der Waals surface area contributed by atoms with Gasteiger partial charge in [-0.2, -0.15) is 0 Å². The van der Waals surface area contributed by atoms with Gasteiger partial charge in [0, 0.05) is 6.54 Å². The molecular weight excluding hydrogens is 184 g/mol. The highest BCUT2D eigenvalue weighted by atomic mass is 15.1. The maximum Gasteiger partial charge on any atom is 0.00508 e. The number of hydrogen-bond acceptors (Lipinski definition) is 2. The van der Waals surface area contributed by atoms with Crippen LogP contribution in [-0.2, 0) is 0 Å². The average Bonchev–Trinajstić information content (AvgIpc) is 2.76. The number of rotatable bonds is 4. The lowest BCUT2D eigenvalue weighted by Gasteiger charge is -2.15. The van der Waals surface area contributed by atoms with Crippen LogP contribution in [0.1, 0.15) is 24.3 Å². The second-order valence-corrected chi connectivity index (χ2v) is 4.34. The molecule has 2 nitrogen and oxygen atoms in total. The topological polar surface area (TPSA) is 29.3 Å². The quantitative estimate of drug-likeness (QED) is 0.810. The minimum Gasteiger partial charge on any atom is -0.330 e. The van der Waals surface area contributed by atoms with Gasteiger partial charge in [0.15, 0.2) is 0 Å². The van der Waals surface area contributed by atoms with Crippen LogP contribution in [0.4, 0.5) is 0 Å². The molecule has 2 rings (SSSR count). The molecule has 2 heteroatoms. The summed E-state index contributed by atoms with van der Waals surface area (Å²) in [6, 6.07) is 10.9. The molecule has 0 aromatic heterocycles. The SMILES string of the molecule is NCCCN1CC[C@H](c2ccccc2)C1. The summed E-state index contributed by atoms with van der Waals surface area (Å²) in [6.07, 6.45) is 2.43. The van der Waals surface area contributed by atoms with Gasteiger partial charge in [0.25, 0.3) is 0 Å². The van der Waals surface area contributed by atoms with E-state index in [4.69, 9.17) is 5.73 Å². The van der Waals surface area contributed by atoms with Crippen molar-refractivity contribution >= 4 is 0 Å². The summed E-state index contributed by atoms with van der Waals surface area (Å²) in [7, 11) is 0. The van der Waals surface area contributed by atoms with Gasteiger partial charge in [-0.05, 0) is 44.0 Å². The Morgan fingerprint density at radius 1 is 1.27 bits per heavy atom. The van der Waals surface area contributed by atoms with Gasteiger partial charge in [0.2, 0.25) is 0 Å². The Bertz CT molecular complexity index is 284. The van der Waals surface area contributed by atoms with E-state index in [0.717, 1.165) is 18.9 Å². The van der Waals surface area contributed by atoms with Crippen LogP contribution in [0.5, 0.6) is 0 Å². The van der Waals surface area contributed by atoms with Gasteiger partial charge in [-0.1, -0.05) is 30.3 Å². The summed E-state index contributed by atoms with van der Waals surface area (Å²) >= 11 is 0. The normalized spacial score (nSPS) is 22.1. The molecule has 2 N–H and O–H groups in total. The number of benzene rings is 1. The third-order valence-electron chi connectivity index (χ3n) is 3.22. The van der Waals surface area contributed by atoms with Crippen molar-refractivity contribution in [3.63, 3.8) is 0 Å². The van der Waals surface area contributed by atoms with Crippen LogP contribution < -0.4 is 5.73 Å². The van der Waals surface area contributed by atoms with Gasteiger partial charge < -0.3 is 10.6 Å². The summed E-state index contributed by atoms with van der Waals surface area (Å²) < 4.78 is 0. The molecule has 1 heterocycles. The monoisotopic (exact) mass is 204 g/mol. The maximum absolute atomic E-state index is 5.53. The number of nitrogens with zero attached hydrogens (tertiary/aromatic N) is 1. The van der Waals surface area contributed by atoms with E-state index in [-0.39, 0.29) is 0 Å². The molecule has 0 spiro atoms. The molecule has 1 aliphatic rings. The average molecular weight is 204 g/mol. The highest BCUT2D eigenvalue weighted by molar-refractivity contribution is 5.20. The fraction of sp³-hybridized carbons (Fsp3) is 0.538. The molecule has 0 bridgehead atoms. The summed E-state index contributed by atoms with van der Waals surface area (Å²) in [5.74, 6) is 0.740. The second kappa shape index (κ2) is 5.29. The van der Waals surface area contributed by atoms with Crippen molar-refractivity contribution in [1.82, 2.24) is 4.90 Å². The Labute approximate surface area is 92.1 Å². The van der Waals surface area contributed by atoms with Gasteiger partial charge in [0.05, 0.1) is 0 Å². The summed E-state index contributed by atoms with van der Waals surface area (Å²) in [4.78, 5) is 2.53. The molecule has 1 aromatic rings. The van der Waals surface area contributed by atoms with Crippen LogP contribution in [0, 0.1) is 0 Å². The zero-order valence-corrected chi connectivity index (χ0v) is 9.23. The smallest absolute Gasteiger partial charge is 0.00508 e. The largest absolute Gasteiger partial charge is 0.330 e. The second-order valence-electron chi connectivity index (χ2n) is 4.34. The third kappa shape index (κ3) is 2.80. The molecule has 1 aromatic carbocycles.